The average molecular weight is 449 g/mol. The fraction of sp³-hybridized carbons (Fsp3) is 0.0435. The van der Waals surface area contributed by atoms with Gasteiger partial charge in [-0.1, -0.05) is 24.1 Å². The normalized spacial score (nSPS) is 11.3. The van der Waals surface area contributed by atoms with E-state index in [9.17, 15) is 22.4 Å². The van der Waals surface area contributed by atoms with Gasteiger partial charge in [0.15, 0.2) is 0 Å². The van der Waals surface area contributed by atoms with Crippen LogP contribution in [0.25, 0.3) is 22.2 Å². The van der Waals surface area contributed by atoms with E-state index in [0.29, 0.717) is 27.8 Å². The van der Waals surface area contributed by atoms with Crippen LogP contribution in [0.1, 0.15) is 11.1 Å². The maximum absolute atomic E-state index is 13.2. The van der Waals surface area contributed by atoms with Crippen LogP contribution in [0.2, 0.25) is 0 Å². The van der Waals surface area contributed by atoms with Gasteiger partial charge >= 0.3 is 11.1 Å². The summed E-state index contributed by atoms with van der Waals surface area (Å²) in [6.45, 7) is 1.57. The molecule has 3 aromatic carbocycles. The fourth-order valence-corrected chi connectivity index (χ4v) is 4.66. The van der Waals surface area contributed by atoms with Crippen LogP contribution in [-0.2, 0) is 10.0 Å². The van der Waals surface area contributed by atoms with Gasteiger partial charge in [0.2, 0.25) is 0 Å². The lowest BCUT2D eigenvalue weighted by molar-refractivity contribution is 0.600. The molecule has 0 aliphatic heterocycles. The SMILES string of the molecule is C#Cc1cc(NS(=O)(=O)c2cc3[nH]c(=O)c(=O)[nH]c3cc2C)ccc1-c1ccc(F)cc1. The molecule has 0 aliphatic carbocycles. The van der Waals surface area contributed by atoms with Gasteiger partial charge in [0, 0.05) is 5.56 Å². The summed E-state index contributed by atoms with van der Waals surface area (Å²) < 4.78 is 41.8. The Morgan fingerprint density at radius 3 is 2.19 bits per heavy atom. The van der Waals surface area contributed by atoms with Crippen molar-refractivity contribution in [3.8, 4) is 23.5 Å². The largest absolute Gasteiger partial charge is 0.316 e. The van der Waals surface area contributed by atoms with Crippen molar-refractivity contribution in [3.05, 3.63) is 92.2 Å². The fourth-order valence-electron chi connectivity index (χ4n) is 3.36. The van der Waals surface area contributed by atoms with Crippen molar-refractivity contribution in [2.24, 2.45) is 0 Å². The molecule has 0 radical (unpaired) electrons. The molecule has 160 valence electrons. The van der Waals surface area contributed by atoms with E-state index in [-0.39, 0.29) is 21.9 Å². The van der Waals surface area contributed by atoms with E-state index < -0.39 is 21.1 Å². The van der Waals surface area contributed by atoms with Gasteiger partial charge in [-0.15, -0.1) is 6.42 Å². The first-order chi connectivity index (χ1) is 15.2. The highest BCUT2D eigenvalue weighted by atomic mass is 32.2. The number of fused-ring (bicyclic) bond motifs is 1. The summed E-state index contributed by atoms with van der Waals surface area (Å²) in [5, 5.41) is 0. The molecule has 32 heavy (non-hydrogen) atoms. The predicted octanol–water partition coefficient (Wildman–Crippen LogP) is 3.11. The van der Waals surface area contributed by atoms with Crippen LogP contribution < -0.4 is 15.8 Å². The van der Waals surface area contributed by atoms with Crippen molar-refractivity contribution in [2.45, 2.75) is 11.8 Å². The maximum Gasteiger partial charge on any atom is 0.314 e. The number of H-pyrrole nitrogens is 2. The van der Waals surface area contributed by atoms with E-state index in [1.54, 1.807) is 31.2 Å². The first kappa shape index (κ1) is 21.1. The molecule has 0 amide bonds. The summed E-state index contributed by atoms with van der Waals surface area (Å²) in [5.74, 6) is 2.14. The standard InChI is InChI=1S/C23H16FN3O4S/c1-3-14-11-17(8-9-18(14)15-4-6-16(24)7-5-15)27-32(30,31)21-12-20-19(10-13(21)2)25-22(28)23(29)26-20/h1,4-12,27H,2H3,(H,25,28)(H,26,29). The Morgan fingerprint density at radius 1 is 0.938 bits per heavy atom. The van der Waals surface area contributed by atoms with Gasteiger partial charge in [-0.05, 0) is 60.0 Å². The lowest BCUT2D eigenvalue weighted by Gasteiger charge is -2.13. The number of sulfonamides is 1. The van der Waals surface area contributed by atoms with E-state index >= 15 is 0 Å². The van der Waals surface area contributed by atoms with Crippen molar-refractivity contribution < 1.29 is 12.8 Å². The molecule has 4 rings (SSSR count). The summed E-state index contributed by atoms with van der Waals surface area (Å²) in [6, 6.07) is 13.2. The molecular formula is C23H16FN3O4S. The molecule has 0 aliphatic rings. The molecular weight excluding hydrogens is 433 g/mol. The number of benzene rings is 3. The van der Waals surface area contributed by atoms with E-state index in [4.69, 9.17) is 6.42 Å². The number of aromatic amines is 2. The number of hydrogen-bond donors (Lipinski definition) is 3. The molecule has 1 heterocycles. The first-order valence-corrected chi connectivity index (χ1v) is 10.8. The molecule has 0 fully saturated rings. The number of terminal acetylenes is 1. The van der Waals surface area contributed by atoms with E-state index in [0.717, 1.165) is 0 Å². The van der Waals surface area contributed by atoms with Crippen molar-refractivity contribution in [2.75, 3.05) is 4.72 Å². The molecule has 7 nitrogen and oxygen atoms in total. The summed E-state index contributed by atoms with van der Waals surface area (Å²) in [7, 11) is -4.05. The smallest absolute Gasteiger partial charge is 0.314 e. The summed E-state index contributed by atoms with van der Waals surface area (Å²) in [6.07, 6.45) is 5.61. The van der Waals surface area contributed by atoms with Crippen molar-refractivity contribution >= 4 is 26.7 Å². The third kappa shape index (κ3) is 3.91. The van der Waals surface area contributed by atoms with Gasteiger partial charge in [0.05, 0.1) is 21.6 Å². The zero-order chi connectivity index (χ0) is 23.0. The van der Waals surface area contributed by atoms with Crippen molar-refractivity contribution in [1.82, 2.24) is 9.97 Å². The number of nitrogens with one attached hydrogen (secondary N) is 3. The van der Waals surface area contributed by atoms with E-state index in [1.165, 1.54) is 30.3 Å². The third-order valence-corrected chi connectivity index (χ3v) is 6.41. The van der Waals surface area contributed by atoms with Gasteiger partial charge in [-0.25, -0.2) is 12.8 Å². The Balaban J connectivity index is 1.73. The minimum absolute atomic E-state index is 0.0717. The first-order valence-electron chi connectivity index (χ1n) is 9.34. The molecule has 0 saturated carbocycles. The Bertz CT molecular complexity index is 1630. The second kappa shape index (κ2) is 7.83. The topological polar surface area (TPSA) is 112 Å². The molecule has 0 bridgehead atoms. The summed E-state index contributed by atoms with van der Waals surface area (Å²) >= 11 is 0. The number of aromatic nitrogens is 2. The molecule has 0 saturated heterocycles. The molecule has 1 aromatic heterocycles. The number of aryl methyl sites for hydroxylation is 1. The highest BCUT2D eigenvalue weighted by Crippen LogP contribution is 2.28. The molecule has 0 unspecified atom stereocenters. The highest BCUT2D eigenvalue weighted by molar-refractivity contribution is 7.92. The van der Waals surface area contributed by atoms with Gasteiger partial charge in [-0.3, -0.25) is 14.3 Å². The molecule has 3 N–H and O–H groups in total. The number of rotatable bonds is 4. The van der Waals surface area contributed by atoms with Crippen LogP contribution in [0.4, 0.5) is 10.1 Å². The molecule has 0 spiro atoms. The average Bonchev–Trinajstić information content (AvgIpc) is 2.75. The van der Waals surface area contributed by atoms with Gasteiger partial charge in [-0.2, -0.15) is 0 Å². The van der Waals surface area contributed by atoms with Crippen LogP contribution in [0.3, 0.4) is 0 Å². The Hall–Kier alpha value is -4.16. The minimum atomic E-state index is -4.05. The van der Waals surface area contributed by atoms with Gasteiger partial charge in [0.25, 0.3) is 10.0 Å². The Morgan fingerprint density at radius 2 is 1.56 bits per heavy atom. The lowest BCUT2D eigenvalue weighted by atomic mass is 9.99. The van der Waals surface area contributed by atoms with Crippen LogP contribution in [-0.4, -0.2) is 18.4 Å². The quantitative estimate of drug-likeness (QED) is 0.328. The summed E-state index contributed by atoms with van der Waals surface area (Å²) in [5.41, 5.74) is 1.15. The lowest BCUT2D eigenvalue weighted by Crippen LogP contribution is -2.29. The highest BCUT2D eigenvalue weighted by Gasteiger charge is 2.19. The van der Waals surface area contributed by atoms with Crippen LogP contribution in [0, 0.1) is 25.1 Å². The number of anilines is 1. The Labute approximate surface area is 182 Å². The predicted molar refractivity (Wildman–Crippen MR) is 121 cm³/mol. The number of halogens is 1. The van der Waals surface area contributed by atoms with Crippen LogP contribution in [0.15, 0.2) is 69.1 Å². The molecule has 9 heteroatoms. The van der Waals surface area contributed by atoms with E-state index in [2.05, 4.69) is 20.6 Å². The minimum Gasteiger partial charge on any atom is -0.316 e. The third-order valence-electron chi connectivity index (χ3n) is 4.89. The summed E-state index contributed by atoms with van der Waals surface area (Å²) in [4.78, 5) is 27.8. The zero-order valence-electron chi connectivity index (χ0n) is 16.7. The maximum atomic E-state index is 13.2. The van der Waals surface area contributed by atoms with Crippen molar-refractivity contribution in [3.63, 3.8) is 0 Å². The van der Waals surface area contributed by atoms with Crippen LogP contribution in [0.5, 0.6) is 0 Å². The zero-order valence-corrected chi connectivity index (χ0v) is 17.5. The van der Waals surface area contributed by atoms with Gasteiger partial charge in [0.1, 0.15) is 5.82 Å². The second-order valence-corrected chi connectivity index (χ2v) is 8.74. The van der Waals surface area contributed by atoms with Gasteiger partial charge < -0.3 is 9.97 Å². The van der Waals surface area contributed by atoms with E-state index in [1.807, 2.05) is 0 Å². The Kier molecular flexibility index (Phi) is 5.16. The molecule has 0 atom stereocenters. The number of hydrogen-bond acceptors (Lipinski definition) is 4. The molecule has 4 aromatic rings. The second-order valence-electron chi connectivity index (χ2n) is 7.09. The van der Waals surface area contributed by atoms with Crippen LogP contribution >= 0.6 is 0 Å². The monoisotopic (exact) mass is 449 g/mol. The van der Waals surface area contributed by atoms with Crippen molar-refractivity contribution in [1.29, 1.82) is 0 Å².